The van der Waals surface area contributed by atoms with Gasteiger partial charge in [0.2, 0.25) is 11.9 Å². The molecule has 7 rings (SSSR count). The number of hydrogen-bond acceptors (Lipinski definition) is 16. The molecule has 0 amide bonds. The lowest BCUT2D eigenvalue weighted by Gasteiger charge is -2.16. The van der Waals surface area contributed by atoms with E-state index < -0.39 is 60.1 Å². The highest BCUT2D eigenvalue weighted by atomic mass is 16.5. The van der Waals surface area contributed by atoms with Gasteiger partial charge < -0.3 is 31.2 Å². The predicted molar refractivity (Wildman–Crippen MR) is 142 cm³/mol. The maximum Gasteiger partial charge on any atom is 0.280 e. The average Bonchev–Trinajstić information content (AvgIpc) is 3.69. The van der Waals surface area contributed by atoms with Gasteiger partial charge >= 0.3 is 0 Å². The summed E-state index contributed by atoms with van der Waals surface area (Å²) in [4.78, 5) is 62.4. The molecule has 3 aliphatic rings. The Bertz CT molecular complexity index is 1810. The van der Waals surface area contributed by atoms with Crippen LogP contribution < -0.4 is 22.6 Å². The van der Waals surface area contributed by atoms with Crippen molar-refractivity contribution < 1.29 is 19.7 Å². The zero-order valence-electron chi connectivity index (χ0n) is 21.3. The monoisotopic (exact) mass is 578 g/mol. The molecule has 0 aromatic carbocycles. The highest BCUT2D eigenvalue weighted by Gasteiger charge is 2.47. The van der Waals surface area contributed by atoms with E-state index in [1.807, 2.05) is 0 Å². The van der Waals surface area contributed by atoms with Crippen LogP contribution in [0.1, 0.15) is 12.5 Å². The van der Waals surface area contributed by atoms with Crippen molar-refractivity contribution in [2.24, 2.45) is 20.0 Å². The third-order valence-electron chi connectivity index (χ3n) is 7.22. The van der Waals surface area contributed by atoms with Crippen molar-refractivity contribution in [1.82, 2.24) is 39.0 Å². The normalized spacial score (nSPS) is 30.9. The molecule has 8 N–H and O–H groups in total. The zero-order chi connectivity index (χ0) is 29.1. The SMILES string of the molecule is Nc1nc2c(ncn2[C@@H]2O[C@@H]3CN=C=NC4[C@@H](CN=C=N[C@@H]3C2O)O[C@@H](n2cnc3c(=O)[nH]c(N)nc32)[C@H]4O)c(=O)[nH]1. The molecule has 0 spiro atoms. The third-order valence-corrected chi connectivity index (χ3v) is 7.22. The molecule has 4 aromatic heterocycles. The molecule has 0 radical (unpaired) electrons. The largest absolute Gasteiger partial charge is 0.386 e. The predicted octanol–water partition coefficient (Wildman–Crippen LogP) is -2.97. The highest BCUT2D eigenvalue weighted by Crippen LogP contribution is 2.34. The molecular weight excluding hydrogens is 556 g/mol. The molecule has 0 aliphatic carbocycles. The number of nitrogens with two attached hydrogens (primary N) is 2. The second-order valence-electron chi connectivity index (χ2n) is 9.78. The Balaban J connectivity index is 1.17. The number of aromatic nitrogens is 8. The molecule has 0 bridgehead atoms. The van der Waals surface area contributed by atoms with Gasteiger partial charge in [0.25, 0.3) is 11.1 Å². The van der Waals surface area contributed by atoms with Gasteiger partial charge in [-0.3, -0.25) is 28.7 Å². The first-order valence-electron chi connectivity index (χ1n) is 12.6. The van der Waals surface area contributed by atoms with Crippen LogP contribution in [0.5, 0.6) is 0 Å². The van der Waals surface area contributed by atoms with Crippen LogP contribution in [0.4, 0.5) is 11.9 Å². The number of imidazole rings is 2. The van der Waals surface area contributed by atoms with Crippen LogP contribution in [-0.4, -0.2) is 111 Å². The van der Waals surface area contributed by atoms with E-state index in [0.29, 0.717) is 0 Å². The van der Waals surface area contributed by atoms with Crippen molar-refractivity contribution in [2.75, 3.05) is 24.6 Å². The molecule has 42 heavy (non-hydrogen) atoms. The van der Waals surface area contributed by atoms with Gasteiger partial charge in [-0.15, -0.1) is 0 Å². The topological polar surface area (TPSA) is 288 Å². The molecule has 2 saturated heterocycles. The number of anilines is 2. The number of aliphatic hydroxyl groups excluding tert-OH is 2. The average molecular weight is 579 g/mol. The van der Waals surface area contributed by atoms with Crippen molar-refractivity contribution in [3.8, 4) is 0 Å². The fourth-order valence-corrected chi connectivity index (χ4v) is 5.27. The first-order chi connectivity index (χ1) is 20.3. The Hall–Kier alpha value is -5.10. The molecule has 4 aromatic rings. The van der Waals surface area contributed by atoms with Gasteiger partial charge in [0.15, 0.2) is 34.8 Å². The van der Waals surface area contributed by atoms with Crippen molar-refractivity contribution in [1.29, 1.82) is 0 Å². The van der Waals surface area contributed by atoms with Gasteiger partial charge in [-0.05, 0) is 0 Å². The number of aromatic amines is 2. The molecule has 20 nitrogen and oxygen atoms in total. The van der Waals surface area contributed by atoms with Crippen LogP contribution >= 0.6 is 0 Å². The summed E-state index contributed by atoms with van der Waals surface area (Å²) in [5.74, 6) is -0.238. The summed E-state index contributed by atoms with van der Waals surface area (Å²) in [5, 5.41) is 22.2. The van der Waals surface area contributed by atoms with E-state index in [-0.39, 0.29) is 47.3 Å². The van der Waals surface area contributed by atoms with Gasteiger partial charge in [-0.25, -0.2) is 29.9 Å². The second-order valence-corrected chi connectivity index (χ2v) is 9.78. The van der Waals surface area contributed by atoms with E-state index in [1.54, 1.807) is 0 Å². The van der Waals surface area contributed by atoms with Gasteiger partial charge in [0.05, 0.1) is 37.8 Å². The minimum atomic E-state index is -1.22. The first kappa shape index (κ1) is 25.8. The number of aliphatic imine (C=N–C) groups is 4. The summed E-state index contributed by atoms with van der Waals surface area (Å²) in [5.41, 5.74) is 10.6. The molecule has 3 aliphatic heterocycles. The lowest BCUT2D eigenvalue weighted by Crippen LogP contribution is -2.32. The second kappa shape index (κ2) is 9.77. The van der Waals surface area contributed by atoms with Crippen LogP contribution in [0.3, 0.4) is 0 Å². The van der Waals surface area contributed by atoms with E-state index in [1.165, 1.54) is 21.8 Å². The summed E-state index contributed by atoms with van der Waals surface area (Å²) in [6, 6.07) is 3.46. The molecule has 2 fully saturated rings. The lowest BCUT2D eigenvalue weighted by atomic mass is 10.1. The molecular formula is C22H22N14O6. The number of rotatable bonds is 2. The van der Waals surface area contributed by atoms with Crippen molar-refractivity contribution in [3.05, 3.63) is 33.4 Å². The minimum Gasteiger partial charge on any atom is -0.386 e. The van der Waals surface area contributed by atoms with Crippen LogP contribution in [0, 0.1) is 0 Å². The maximum atomic E-state index is 12.2. The molecule has 0 saturated carbocycles. The maximum absolute atomic E-state index is 12.2. The van der Waals surface area contributed by atoms with Crippen LogP contribution in [0.2, 0.25) is 0 Å². The smallest absolute Gasteiger partial charge is 0.280 e. The summed E-state index contributed by atoms with van der Waals surface area (Å²) in [6.07, 6.45) is -3.36. The number of aliphatic hydroxyl groups is 2. The Morgan fingerprint density at radius 3 is 1.64 bits per heavy atom. The minimum absolute atomic E-state index is 0.0222. The third kappa shape index (κ3) is 4.10. The Kier molecular flexibility index (Phi) is 6.01. The van der Waals surface area contributed by atoms with Gasteiger partial charge in [0.1, 0.15) is 36.5 Å². The summed E-state index contributed by atoms with van der Waals surface area (Å²) >= 11 is 0. The number of fused-ring (bicyclic) bond motifs is 4. The number of nitrogen functional groups attached to an aromatic ring is 2. The van der Waals surface area contributed by atoms with E-state index in [0.717, 1.165) is 0 Å². The summed E-state index contributed by atoms with van der Waals surface area (Å²) in [6.45, 7) is -0.0445. The van der Waals surface area contributed by atoms with Crippen LogP contribution in [-0.2, 0) is 9.47 Å². The Labute approximate surface area is 232 Å². The highest BCUT2D eigenvalue weighted by molar-refractivity contribution is 5.71. The standard InChI is InChI=1S/C22H22N14O6/c23-21-31-15-11(17(39)33-21)29-5-35(15)19-13(37)9-7(41-19)1-25-3-27-10-8(2-26-4-28-9)42-20(14(10)38)36-6-30-12-16(36)32-22(24)34-18(12)40/h5-10,13-14,19-20,37-38H,1-2H2,(H3,23,31,33,39)(H3,24,32,34,40)/t7-,8-,9+,10?,13?,14+,19-,20-/m1/s1. The van der Waals surface area contributed by atoms with Crippen LogP contribution in [0.25, 0.3) is 22.3 Å². The number of ether oxygens (including phenoxy) is 2. The van der Waals surface area contributed by atoms with Crippen LogP contribution in [0.15, 0.2) is 42.2 Å². The summed E-state index contributed by atoms with van der Waals surface area (Å²) < 4.78 is 14.9. The number of nitrogens with zero attached hydrogens (tertiary/aromatic N) is 10. The van der Waals surface area contributed by atoms with E-state index in [9.17, 15) is 19.8 Å². The summed E-state index contributed by atoms with van der Waals surface area (Å²) in [7, 11) is 0. The van der Waals surface area contributed by atoms with Crippen molar-refractivity contribution in [3.63, 3.8) is 0 Å². The first-order valence-corrected chi connectivity index (χ1v) is 12.6. The fraction of sp³-hybridized carbons (Fsp3) is 0.455. The van der Waals surface area contributed by atoms with Gasteiger partial charge in [-0.2, -0.15) is 9.97 Å². The van der Waals surface area contributed by atoms with E-state index >= 15 is 0 Å². The molecule has 7 heterocycles. The zero-order valence-corrected chi connectivity index (χ0v) is 21.3. The number of nitrogens with one attached hydrogen (secondary N) is 2. The van der Waals surface area contributed by atoms with Crippen molar-refractivity contribution in [2.45, 2.75) is 49.0 Å². The number of H-pyrrole nitrogens is 2. The van der Waals surface area contributed by atoms with Crippen molar-refractivity contribution >= 4 is 46.2 Å². The quantitative estimate of drug-likeness (QED) is 0.139. The number of hydrogen-bond donors (Lipinski definition) is 6. The van der Waals surface area contributed by atoms with E-state index in [4.69, 9.17) is 20.9 Å². The molecule has 20 heteroatoms. The fourth-order valence-electron chi connectivity index (χ4n) is 5.27. The molecule has 2 unspecified atom stereocenters. The van der Waals surface area contributed by atoms with Gasteiger partial charge in [0, 0.05) is 0 Å². The Morgan fingerprint density at radius 2 is 1.21 bits per heavy atom. The lowest BCUT2D eigenvalue weighted by molar-refractivity contribution is -0.0320. The Morgan fingerprint density at radius 1 is 0.786 bits per heavy atom. The molecule has 216 valence electrons. The van der Waals surface area contributed by atoms with Gasteiger partial charge in [-0.1, -0.05) is 0 Å². The molecule has 8 atom stereocenters. The van der Waals surface area contributed by atoms with E-state index in [2.05, 4.69) is 61.9 Å².